The van der Waals surface area contributed by atoms with E-state index in [1.54, 1.807) is 59.5 Å². The molecule has 1 saturated heterocycles. The van der Waals surface area contributed by atoms with Crippen LogP contribution in [0.5, 0.6) is 11.5 Å². The van der Waals surface area contributed by atoms with Crippen LogP contribution in [-0.2, 0) is 0 Å². The third kappa shape index (κ3) is 4.67. The normalized spacial score (nSPS) is 13.5. The van der Waals surface area contributed by atoms with Gasteiger partial charge in [0.05, 0.1) is 19.9 Å². The van der Waals surface area contributed by atoms with Gasteiger partial charge in [0.2, 0.25) is 5.76 Å². The van der Waals surface area contributed by atoms with Crippen molar-refractivity contribution in [1.29, 1.82) is 0 Å². The smallest absolute Gasteiger partial charge is 0.291 e. The number of nitrogens with zero attached hydrogens (tertiary/aromatic N) is 2. The SMILES string of the molecule is COc1ccc(C(=O)Nc2c(C(=O)N3CCN(c4ccccc4F)CC3)oc3ccccc23)cc1OC. The van der Waals surface area contributed by atoms with Crippen molar-refractivity contribution in [3.8, 4) is 11.5 Å². The zero-order chi connectivity index (χ0) is 25.9. The molecule has 0 radical (unpaired) electrons. The molecule has 5 rings (SSSR count). The molecular weight excluding hydrogens is 477 g/mol. The van der Waals surface area contributed by atoms with Gasteiger partial charge in [-0.05, 0) is 42.5 Å². The van der Waals surface area contributed by atoms with Crippen molar-refractivity contribution in [2.75, 3.05) is 50.6 Å². The van der Waals surface area contributed by atoms with E-state index >= 15 is 0 Å². The number of fused-ring (bicyclic) bond motifs is 1. The number of halogens is 1. The Kier molecular flexibility index (Phi) is 6.68. The van der Waals surface area contributed by atoms with Gasteiger partial charge in [0.15, 0.2) is 11.5 Å². The van der Waals surface area contributed by atoms with Crippen LogP contribution in [0, 0.1) is 5.82 Å². The van der Waals surface area contributed by atoms with E-state index in [0.717, 1.165) is 0 Å². The van der Waals surface area contributed by atoms with Gasteiger partial charge in [-0.1, -0.05) is 24.3 Å². The zero-order valence-electron chi connectivity index (χ0n) is 20.5. The van der Waals surface area contributed by atoms with E-state index in [1.165, 1.54) is 20.3 Å². The summed E-state index contributed by atoms with van der Waals surface area (Å²) >= 11 is 0. The molecule has 9 heteroatoms. The van der Waals surface area contributed by atoms with Crippen LogP contribution >= 0.6 is 0 Å². The van der Waals surface area contributed by atoms with E-state index in [-0.39, 0.29) is 17.5 Å². The molecule has 0 atom stereocenters. The zero-order valence-corrected chi connectivity index (χ0v) is 20.5. The number of carbonyl (C=O) groups excluding carboxylic acids is 2. The molecule has 0 aliphatic carbocycles. The molecule has 8 nitrogen and oxygen atoms in total. The minimum atomic E-state index is -0.425. The highest BCUT2D eigenvalue weighted by atomic mass is 19.1. The molecule has 37 heavy (non-hydrogen) atoms. The molecule has 190 valence electrons. The van der Waals surface area contributed by atoms with Crippen LogP contribution in [0.1, 0.15) is 20.9 Å². The fourth-order valence-corrected chi connectivity index (χ4v) is 4.49. The number of anilines is 2. The molecule has 0 saturated carbocycles. The maximum atomic E-state index is 14.2. The van der Waals surface area contributed by atoms with Gasteiger partial charge in [-0.25, -0.2) is 4.39 Å². The van der Waals surface area contributed by atoms with Crippen molar-refractivity contribution in [3.63, 3.8) is 0 Å². The summed E-state index contributed by atoms with van der Waals surface area (Å²) in [6.07, 6.45) is 0. The van der Waals surface area contributed by atoms with E-state index < -0.39 is 5.91 Å². The highest BCUT2D eigenvalue weighted by Crippen LogP contribution is 2.34. The number of para-hydroxylation sites is 2. The molecule has 0 bridgehead atoms. The van der Waals surface area contributed by atoms with Crippen LogP contribution in [0.25, 0.3) is 11.0 Å². The highest BCUT2D eigenvalue weighted by molar-refractivity contribution is 6.14. The summed E-state index contributed by atoms with van der Waals surface area (Å²) in [7, 11) is 3.01. The summed E-state index contributed by atoms with van der Waals surface area (Å²) in [6, 6.07) is 18.6. The first kappa shape index (κ1) is 24.2. The molecule has 0 unspecified atom stereocenters. The van der Waals surface area contributed by atoms with Gasteiger partial charge >= 0.3 is 0 Å². The minimum Gasteiger partial charge on any atom is -0.493 e. The van der Waals surface area contributed by atoms with Crippen LogP contribution in [0.15, 0.2) is 71.1 Å². The van der Waals surface area contributed by atoms with E-state index in [9.17, 15) is 14.0 Å². The Hall–Kier alpha value is -4.53. The lowest BCUT2D eigenvalue weighted by Gasteiger charge is -2.35. The van der Waals surface area contributed by atoms with Crippen molar-refractivity contribution < 1.29 is 27.9 Å². The van der Waals surface area contributed by atoms with Crippen LogP contribution in [0.4, 0.5) is 15.8 Å². The number of rotatable bonds is 6. The molecule has 1 aliphatic rings. The number of hydrogen-bond acceptors (Lipinski definition) is 6. The van der Waals surface area contributed by atoms with Gasteiger partial charge in [0, 0.05) is 37.1 Å². The van der Waals surface area contributed by atoms with Crippen LogP contribution < -0.4 is 19.7 Å². The van der Waals surface area contributed by atoms with Crippen LogP contribution in [-0.4, -0.2) is 57.1 Å². The van der Waals surface area contributed by atoms with Crippen LogP contribution in [0.3, 0.4) is 0 Å². The number of ether oxygens (including phenoxy) is 2. The number of benzene rings is 3. The number of methoxy groups -OCH3 is 2. The molecule has 1 aliphatic heterocycles. The van der Waals surface area contributed by atoms with E-state index in [1.807, 2.05) is 11.0 Å². The molecule has 0 spiro atoms. The fourth-order valence-electron chi connectivity index (χ4n) is 4.49. The lowest BCUT2D eigenvalue weighted by molar-refractivity contribution is 0.0718. The Morgan fingerprint density at radius 2 is 1.59 bits per heavy atom. The Bertz CT molecular complexity index is 1460. The molecule has 2 amide bonds. The van der Waals surface area contributed by atoms with E-state index in [4.69, 9.17) is 13.9 Å². The van der Waals surface area contributed by atoms with Gasteiger partial charge in [0.25, 0.3) is 11.8 Å². The molecule has 1 fully saturated rings. The van der Waals surface area contributed by atoms with E-state index in [2.05, 4.69) is 5.32 Å². The lowest BCUT2D eigenvalue weighted by atomic mass is 10.1. The highest BCUT2D eigenvalue weighted by Gasteiger charge is 2.29. The van der Waals surface area contributed by atoms with Crippen molar-refractivity contribution in [2.45, 2.75) is 0 Å². The van der Waals surface area contributed by atoms with Crippen molar-refractivity contribution >= 4 is 34.2 Å². The Morgan fingerprint density at radius 3 is 2.32 bits per heavy atom. The second-order valence-corrected chi connectivity index (χ2v) is 8.56. The number of piperazine rings is 1. The van der Waals surface area contributed by atoms with Gasteiger partial charge in [0.1, 0.15) is 17.1 Å². The monoisotopic (exact) mass is 503 g/mol. The quantitative estimate of drug-likeness (QED) is 0.407. The van der Waals surface area contributed by atoms with Crippen molar-refractivity contribution in [3.05, 3.63) is 83.9 Å². The summed E-state index contributed by atoms with van der Waals surface area (Å²) < 4.78 is 30.7. The van der Waals surface area contributed by atoms with Gasteiger partial charge in [-0.2, -0.15) is 0 Å². The number of furan rings is 1. The average Bonchev–Trinajstić information content (AvgIpc) is 3.30. The molecule has 1 N–H and O–H groups in total. The largest absolute Gasteiger partial charge is 0.493 e. The fraction of sp³-hybridized carbons (Fsp3) is 0.214. The standard InChI is InChI=1S/C28H26FN3O5/c1-35-23-12-11-18(17-24(23)36-2)27(33)30-25-19-7-3-6-10-22(19)37-26(25)28(34)32-15-13-31(14-16-32)21-9-5-4-8-20(21)29/h3-12,17H,13-16H2,1-2H3,(H,30,33). The van der Waals surface area contributed by atoms with E-state index in [0.29, 0.717) is 65.6 Å². The molecule has 3 aromatic carbocycles. The lowest BCUT2D eigenvalue weighted by Crippen LogP contribution is -2.49. The molecular formula is C28H26FN3O5. The molecule has 1 aromatic heterocycles. The Balaban J connectivity index is 1.39. The number of amides is 2. The Morgan fingerprint density at radius 1 is 0.892 bits per heavy atom. The third-order valence-electron chi connectivity index (χ3n) is 6.43. The van der Waals surface area contributed by atoms with Crippen molar-refractivity contribution in [1.82, 2.24) is 4.90 Å². The van der Waals surface area contributed by atoms with Crippen molar-refractivity contribution in [2.24, 2.45) is 0 Å². The molecule has 2 heterocycles. The summed E-state index contributed by atoms with van der Waals surface area (Å²) in [6.45, 7) is 1.71. The van der Waals surface area contributed by atoms with Gasteiger partial charge in [-0.3, -0.25) is 9.59 Å². The first-order valence-electron chi connectivity index (χ1n) is 11.8. The topological polar surface area (TPSA) is 84.3 Å². The maximum absolute atomic E-state index is 14.2. The number of nitrogens with one attached hydrogen (secondary N) is 1. The number of carbonyl (C=O) groups is 2. The van der Waals surface area contributed by atoms with Gasteiger partial charge < -0.3 is 29.0 Å². The third-order valence-corrected chi connectivity index (χ3v) is 6.43. The van der Waals surface area contributed by atoms with Crippen LogP contribution in [0.2, 0.25) is 0 Å². The predicted octanol–water partition coefficient (Wildman–Crippen LogP) is 4.80. The predicted molar refractivity (Wildman–Crippen MR) is 138 cm³/mol. The second kappa shape index (κ2) is 10.2. The minimum absolute atomic E-state index is 0.0503. The summed E-state index contributed by atoms with van der Waals surface area (Å²) in [4.78, 5) is 30.3. The summed E-state index contributed by atoms with van der Waals surface area (Å²) in [5, 5.41) is 3.48. The first-order chi connectivity index (χ1) is 18.0. The summed E-state index contributed by atoms with van der Waals surface area (Å²) in [5.74, 6) is -0.0959. The Labute approximate surface area is 213 Å². The summed E-state index contributed by atoms with van der Waals surface area (Å²) in [5.41, 5.74) is 1.64. The molecule has 4 aromatic rings. The second-order valence-electron chi connectivity index (χ2n) is 8.56. The average molecular weight is 504 g/mol. The first-order valence-corrected chi connectivity index (χ1v) is 11.8. The van der Waals surface area contributed by atoms with Gasteiger partial charge in [-0.15, -0.1) is 0 Å². The number of hydrogen-bond donors (Lipinski definition) is 1. The maximum Gasteiger partial charge on any atom is 0.291 e.